The highest BCUT2D eigenvalue weighted by atomic mass is 32.1. The van der Waals surface area contributed by atoms with Crippen molar-refractivity contribution in [1.29, 1.82) is 0 Å². The van der Waals surface area contributed by atoms with Crippen molar-refractivity contribution in [2.45, 2.75) is 26.9 Å². The molecule has 12 heteroatoms. The van der Waals surface area contributed by atoms with E-state index in [9.17, 15) is 14.4 Å². The highest BCUT2D eigenvalue weighted by molar-refractivity contribution is 7.16. The third kappa shape index (κ3) is 4.33. The van der Waals surface area contributed by atoms with Crippen molar-refractivity contribution in [3.8, 4) is 5.75 Å². The number of hydrogen-bond acceptors (Lipinski definition) is 7. The number of hydrogen-bond donors (Lipinski definition) is 0. The first kappa shape index (κ1) is 23.6. The Balaban J connectivity index is 1.75. The molecule has 0 aliphatic rings. The number of imidazole rings is 1. The van der Waals surface area contributed by atoms with Crippen LogP contribution >= 0.6 is 11.3 Å². The molecule has 3 aromatic heterocycles. The minimum atomic E-state index is -0.513. The first-order valence-corrected chi connectivity index (χ1v) is 11.7. The molecule has 0 fully saturated rings. The Bertz CT molecular complexity index is 1550. The summed E-state index contributed by atoms with van der Waals surface area (Å²) in [5, 5.41) is 0. The second-order valence-corrected chi connectivity index (χ2v) is 8.56. The fraction of sp³-hybridized carbons (Fsp3) is 0.409. The van der Waals surface area contributed by atoms with Gasteiger partial charge in [0, 0.05) is 27.2 Å². The Morgan fingerprint density at radius 1 is 1.15 bits per heavy atom. The van der Waals surface area contributed by atoms with Gasteiger partial charge in [0.1, 0.15) is 12.3 Å². The highest BCUT2D eigenvalue weighted by Gasteiger charge is 2.16. The van der Waals surface area contributed by atoms with E-state index in [0.717, 1.165) is 20.5 Å². The minimum Gasteiger partial charge on any atom is -0.494 e. The van der Waals surface area contributed by atoms with Crippen LogP contribution in [0.5, 0.6) is 5.75 Å². The fourth-order valence-electron chi connectivity index (χ4n) is 3.72. The largest absolute Gasteiger partial charge is 0.494 e. The van der Waals surface area contributed by atoms with Gasteiger partial charge in [0.05, 0.1) is 29.8 Å². The van der Waals surface area contributed by atoms with Crippen LogP contribution in [0.3, 0.4) is 0 Å². The molecule has 0 saturated heterocycles. The van der Waals surface area contributed by atoms with Gasteiger partial charge in [-0.15, -0.1) is 0 Å². The van der Waals surface area contributed by atoms with Crippen LogP contribution in [0.4, 0.5) is 0 Å². The average molecular weight is 487 g/mol. The van der Waals surface area contributed by atoms with Gasteiger partial charge >= 0.3 is 5.69 Å². The number of benzene rings is 1. The van der Waals surface area contributed by atoms with Crippen LogP contribution in [0.2, 0.25) is 0 Å². The zero-order valence-corrected chi connectivity index (χ0v) is 20.3. The molecule has 34 heavy (non-hydrogen) atoms. The number of carbonyl (C=O) groups excluding carboxylic acids is 1. The Kier molecular flexibility index (Phi) is 6.80. The van der Waals surface area contributed by atoms with E-state index in [0.29, 0.717) is 31.2 Å². The lowest BCUT2D eigenvalue weighted by Crippen LogP contribution is -2.37. The Labute approximate surface area is 198 Å². The monoisotopic (exact) mass is 486 g/mol. The highest BCUT2D eigenvalue weighted by Crippen LogP contribution is 2.23. The van der Waals surface area contributed by atoms with Crippen molar-refractivity contribution in [2.75, 3.05) is 19.8 Å². The molecule has 0 atom stereocenters. The number of ether oxygens (including phenoxy) is 2. The second-order valence-electron chi connectivity index (χ2n) is 7.55. The van der Waals surface area contributed by atoms with Crippen molar-refractivity contribution in [1.82, 2.24) is 23.3 Å². The number of rotatable bonds is 8. The van der Waals surface area contributed by atoms with Gasteiger partial charge in [-0.1, -0.05) is 11.3 Å². The van der Waals surface area contributed by atoms with E-state index in [4.69, 9.17) is 9.47 Å². The van der Waals surface area contributed by atoms with Gasteiger partial charge in [-0.25, -0.2) is 9.78 Å². The van der Waals surface area contributed by atoms with E-state index in [-0.39, 0.29) is 17.7 Å². The molecule has 0 spiro atoms. The number of aryl methyl sites for hydroxylation is 1. The van der Waals surface area contributed by atoms with E-state index in [1.54, 1.807) is 0 Å². The molecule has 0 N–H and O–H groups in total. The van der Waals surface area contributed by atoms with E-state index in [1.807, 2.05) is 36.6 Å². The zero-order chi connectivity index (χ0) is 24.4. The summed E-state index contributed by atoms with van der Waals surface area (Å²) in [6.07, 6.45) is 1.38. The molecule has 0 aliphatic carbocycles. The van der Waals surface area contributed by atoms with Gasteiger partial charge < -0.3 is 18.6 Å². The van der Waals surface area contributed by atoms with Crippen LogP contribution in [-0.4, -0.2) is 49.0 Å². The second kappa shape index (κ2) is 9.77. The lowest BCUT2D eigenvalue weighted by atomic mass is 10.3. The molecule has 4 aromatic rings. The molecule has 3 heterocycles. The summed E-state index contributed by atoms with van der Waals surface area (Å²) in [6, 6.07) is 5.76. The predicted octanol–water partition coefficient (Wildman–Crippen LogP) is 1.01. The van der Waals surface area contributed by atoms with Gasteiger partial charge in [-0.2, -0.15) is 4.99 Å². The fourth-order valence-corrected chi connectivity index (χ4v) is 4.82. The summed E-state index contributed by atoms with van der Waals surface area (Å²) in [5.74, 6) is 0.300. The van der Waals surface area contributed by atoms with Crippen LogP contribution in [0, 0.1) is 0 Å². The predicted molar refractivity (Wildman–Crippen MR) is 128 cm³/mol. The van der Waals surface area contributed by atoms with Gasteiger partial charge in [0.15, 0.2) is 16.0 Å². The molecule has 1 amide bonds. The number of carbonyl (C=O) groups is 1. The van der Waals surface area contributed by atoms with E-state index < -0.39 is 17.2 Å². The molecule has 0 aliphatic heterocycles. The number of amides is 1. The third-order valence-electron chi connectivity index (χ3n) is 5.37. The first-order chi connectivity index (χ1) is 16.3. The van der Waals surface area contributed by atoms with Crippen LogP contribution in [0.25, 0.3) is 21.4 Å². The molecular weight excluding hydrogens is 460 g/mol. The van der Waals surface area contributed by atoms with E-state index in [2.05, 4.69) is 9.98 Å². The molecule has 4 rings (SSSR count). The van der Waals surface area contributed by atoms with Gasteiger partial charge in [-0.3, -0.25) is 18.7 Å². The van der Waals surface area contributed by atoms with Crippen molar-refractivity contribution in [3.63, 3.8) is 0 Å². The number of thiazole rings is 1. The van der Waals surface area contributed by atoms with Crippen molar-refractivity contribution < 1.29 is 14.3 Å². The van der Waals surface area contributed by atoms with Crippen molar-refractivity contribution in [2.24, 2.45) is 19.1 Å². The summed E-state index contributed by atoms with van der Waals surface area (Å²) in [6.45, 7) is 5.82. The molecule has 0 radical (unpaired) electrons. The van der Waals surface area contributed by atoms with E-state index in [1.165, 1.54) is 40.9 Å². The average Bonchev–Trinajstić information content (AvgIpc) is 3.37. The lowest BCUT2D eigenvalue weighted by molar-refractivity contribution is -0.118. The Hall–Kier alpha value is -3.51. The smallest absolute Gasteiger partial charge is 0.332 e. The topological polar surface area (TPSA) is 115 Å². The Morgan fingerprint density at radius 3 is 2.68 bits per heavy atom. The minimum absolute atomic E-state index is 0.176. The van der Waals surface area contributed by atoms with Crippen LogP contribution in [-0.2, 0) is 36.7 Å². The number of aromatic nitrogens is 5. The lowest BCUT2D eigenvalue weighted by Gasteiger charge is -2.07. The maximum absolute atomic E-state index is 12.9. The van der Waals surface area contributed by atoms with Gasteiger partial charge in [0.25, 0.3) is 11.5 Å². The number of nitrogens with zero attached hydrogens (tertiary/aromatic N) is 6. The van der Waals surface area contributed by atoms with Crippen LogP contribution in [0.1, 0.15) is 13.8 Å². The SMILES string of the molecule is CCOCCn1c(=NC(=O)Cn2cnc3c2c(=O)n(C)c(=O)n3C)sc2cc(OCC)ccc21. The summed E-state index contributed by atoms with van der Waals surface area (Å²) < 4.78 is 17.7. The molecule has 180 valence electrons. The van der Waals surface area contributed by atoms with Gasteiger partial charge in [-0.05, 0) is 32.0 Å². The summed E-state index contributed by atoms with van der Waals surface area (Å²) in [5.41, 5.74) is 0.330. The summed E-state index contributed by atoms with van der Waals surface area (Å²) >= 11 is 1.38. The van der Waals surface area contributed by atoms with Crippen molar-refractivity contribution in [3.05, 3.63) is 50.2 Å². The third-order valence-corrected chi connectivity index (χ3v) is 6.41. The standard InChI is InChI=1S/C22H26N6O5S/c1-5-32-10-9-28-15-8-7-14(33-6-2)11-16(15)34-21(28)24-17(29)12-27-13-23-19-18(27)20(30)26(4)22(31)25(19)3/h7-8,11,13H,5-6,9-10,12H2,1-4H3. The molecule has 0 unspecified atom stereocenters. The molecule has 0 bridgehead atoms. The van der Waals surface area contributed by atoms with Gasteiger partial charge in [0.2, 0.25) is 0 Å². The van der Waals surface area contributed by atoms with E-state index >= 15 is 0 Å². The summed E-state index contributed by atoms with van der Waals surface area (Å²) in [4.78, 5) is 46.8. The molecule has 0 saturated carbocycles. The summed E-state index contributed by atoms with van der Waals surface area (Å²) in [7, 11) is 2.92. The number of fused-ring (bicyclic) bond motifs is 2. The maximum atomic E-state index is 12.9. The first-order valence-electron chi connectivity index (χ1n) is 10.9. The van der Waals surface area contributed by atoms with Crippen molar-refractivity contribution >= 4 is 38.6 Å². The van der Waals surface area contributed by atoms with Crippen LogP contribution < -0.4 is 20.8 Å². The normalized spacial score (nSPS) is 12.2. The maximum Gasteiger partial charge on any atom is 0.332 e. The quantitative estimate of drug-likeness (QED) is 0.344. The Morgan fingerprint density at radius 2 is 1.94 bits per heavy atom. The molecule has 11 nitrogen and oxygen atoms in total. The van der Waals surface area contributed by atoms with Crippen LogP contribution in [0.15, 0.2) is 39.1 Å². The molecule has 1 aromatic carbocycles. The molecular formula is C22H26N6O5S. The zero-order valence-electron chi connectivity index (χ0n) is 19.5.